The smallest absolute Gasteiger partial charge is 0.335 e. The van der Waals surface area contributed by atoms with Crippen LogP contribution in [0.25, 0.3) is 0 Å². The van der Waals surface area contributed by atoms with Crippen molar-refractivity contribution in [1.29, 1.82) is 0 Å². The van der Waals surface area contributed by atoms with Gasteiger partial charge in [0.15, 0.2) is 11.9 Å². The number of aliphatic carboxylic acids is 1. The molecule has 0 amide bonds. The van der Waals surface area contributed by atoms with E-state index in [1.165, 1.54) is 12.1 Å². The summed E-state index contributed by atoms with van der Waals surface area (Å²) in [6.45, 7) is 10.1. The first-order chi connectivity index (χ1) is 15.0. The minimum absolute atomic E-state index is 0.0300. The van der Waals surface area contributed by atoms with Gasteiger partial charge in [0.25, 0.3) is 0 Å². The van der Waals surface area contributed by atoms with Crippen LogP contribution in [0.1, 0.15) is 57.5 Å². The maximum absolute atomic E-state index is 13.1. The van der Waals surface area contributed by atoms with Crippen LogP contribution in [0.2, 0.25) is 0 Å². The number of aliphatic hydroxyl groups is 3. The van der Waals surface area contributed by atoms with Crippen molar-refractivity contribution in [2.24, 2.45) is 10.8 Å². The van der Waals surface area contributed by atoms with E-state index in [-0.39, 0.29) is 23.7 Å². The molecule has 10 nitrogen and oxygen atoms in total. The summed E-state index contributed by atoms with van der Waals surface area (Å²) < 4.78 is 16.1. The first-order valence-corrected chi connectivity index (χ1v) is 10.5. The summed E-state index contributed by atoms with van der Waals surface area (Å²) in [5.41, 5.74) is -0.927. The van der Waals surface area contributed by atoms with Crippen molar-refractivity contribution in [2.45, 2.75) is 78.9 Å². The summed E-state index contributed by atoms with van der Waals surface area (Å²) >= 11 is 0. The Labute approximate surface area is 192 Å². The number of carboxylic acid groups (broad SMARTS) is 1. The molecule has 1 aromatic carbocycles. The van der Waals surface area contributed by atoms with Gasteiger partial charge in [-0.25, -0.2) is 4.79 Å². The molecule has 4 N–H and O–H groups in total. The van der Waals surface area contributed by atoms with Gasteiger partial charge in [-0.3, -0.25) is 9.59 Å². The summed E-state index contributed by atoms with van der Waals surface area (Å²) in [4.78, 5) is 36.5. The first kappa shape index (κ1) is 26.7. The second kappa shape index (κ2) is 9.76. The molecule has 5 atom stereocenters. The quantitative estimate of drug-likeness (QED) is 0.354. The van der Waals surface area contributed by atoms with Crippen molar-refractivity contribution in [3.05, 3.63) is 29.3 Å². The number of ether oxygens (including phenoxy) is 3. The van der Waals surface area contributed by atoms with Gasteiger partial charge in [0.2, 0.25) is 6.29 Å². The molecule has 1 heterocycles. The van der Waals surface area contributed by atoms with Crippen LogP contribution >= 0.6 is 0 Å². The van der Waals surface area contributed by atoms with Gasteiger partial charge in [-0.1, -0.05) is 26.8 Å². The van der Waals surface area contributed by atoms with Crippen molar-refractivity contribution in [3.8, 4) is 5.75 Å². The molecular weight excluding hydrogens is 436 g/mol. The average molecular weight is 468 g/mol. The number of ketones is 1. The highest BCUT2D eigenvalue weighted by molar-refractivity contribution is 6.02. The lowest BCUT2D eigenvalue weighted by Crippen LogP contribution is -2.61. The molecule has 0 bridgehead atoms. The van der Waals surface area contributed by atoms with Crippen molar-refractivity contribution < 1.29 is 49.0 Å². The van der Waals surface area contributed by atoms with E-state index in [1.54, 1.807) is 47.6 Å². The minimum atomic E-state index is -1.87. The summed E-state index contributed by atoms with van der Waals surface area (Å²) in [5.74, 6) is -2.33. The summed E-state index contributed by atoms with van der Waals surface area (Å²) in [7, 11) is 0. The van der Waals surface area contributed by atoms with E-state index >= 15 is 0 Å². The topological polar surface area (TPSA) is 160 Å². The molecule has 33 heavy (non-hydrogen) atoms. The third-order valence-electron chi connectivity index (χ3n) is 5.01. The number of carboxylic acids is 1. The molecule has 0 saturated carbocycles. The standard InChI is InChI=1S/C23H32O10/c1-22(2,3)18(27)12-9-11(10-31-21(30)23(4,5)6)7-8-13(12)32-20-16(26)14(24)15(25)17(33-20)19(28)29/h7-9,14-17,20,24-26H,10H2,1-6H3,(H,28,29)/t14-,15-,16+,17-,20+/m0/s1. The van der Waals surface area contributed by atoms with Crippen LogP contribution in [0.4, 0.5) is 0 Å². The number of esters is 1. The maximum Gasteiger partial charge on any atom is 0.335 e. The largest absolute Gasteiger partial charge is 0.479 e. The van der Waals surface area contributed by atoms with E-state index in [4.69, 9.17) is 14.2 Å². The predicted octanol–water partition coefficient (Wildman–Crippen LogP) is 1.28. The van der Waals surface area contributed by atoms with Gasteiger partial charge in [0.05, 0.1) is 11.0 Å². The number of benzene rings is 1. The number of aliphatic hydroxyl groups excluding tert-OH is 3. The Balaban J connectivity index is 2.36. The molecule has 10 heteroatoms. The molecule has 1 aliphatic heterocycles. The van der Waals surface area contributed by atoms with Gasteiger partial charge in [0, 0.05) is 5.41 Å². The monoisotopic (exact) mass is 468 g/mol. The Morgan fingerprint density at radius 1 is 0.939 bits per heavy atom. The van der Waals surface area contributed by atoms with Gasteiger partial charge >= 0.3 is 11.9 Å². The fourth-order valence-electron chi connectivity index (χ4n) is 2.99. The number of carbonyl (C=O) groups is 3. The van der Waals surface area contributed by atoms with Crippen LogP contribution in [-0.2, 0) is 25.7 Å². The molecule has 184 valence electrons. The third kappa shape index (κ3) is 6.29. The number of rotatable bonds is 6. The lowest BCUT2D eigenvalue weighted by atomic mass is 9.85. The lowest BCUT2D eigenvalue weighted by Gasteiger charge is -2.38. The van der Waals surface area contributed by atoms with Gasteiger partial charge in [-0.2, -0.15) is 0 Å². The van der Waals surface area contributed by atoms with Crippen LogP contribution in [0.3, 0.4) is 0 Å². The van der Waals surface area contributed by atoms with Gasteiger partial charge in [-0.15, -0.1) is 0 Å². The van der Waals surface area contributed by atoms with Crippen molar-refractivity contribution >= 4 is 17.7 Å². The fourth-order valence-corrected chi connectivity index (χ4v) is 2.99. The van der Waals surface area contributed by atoms with E-state index in [2.05, 4.69) is 0 Å². The molecular formula is C23H32O10. The maximum atomic E-state index is 13.1. The summed E-state index contributed by atoms with van der Waals surface area (Å²) in [5, 5.41) is 39.3. The first-order valence-electron chi connectivity index (χ1n) is 10.5. The summed E-state index contributed by atoms with van der Waals surface area (Å²) in [6, 6.07) is 4.43. The zero-order chi connectivity index (χ0) is 25.3. The molecule has 0 aromatic heterocycles. The van der Waals surface area contributed by atoms with Crippen molar-refractivity contribution in [3.63, 3.8) is 0 Å². The number of hydrogen-bond acceptors (Lipinski definition) is 9. The van der Waals surface area contributed by atoms with E-state index < -0.39 is 53.5 Å². The molecule has 1 fully saturated rings. The van der Waals surface area contributed by atoms with Gasteiger partial charge in [-0.05, 0) is 38.5 Å². The van der Waals surface area contributed by atoms with Crippen LogP contribution in [0.15, 0.2) is 18.2 Å². The lowest BCUT2D eigenvalue weighted by molar-refractivity contribution is -0.271. The highest BCUT2D eigenvalue weighted by Crippen LogP contribution is 2.32. The SMILES string of the molecule is CC(C)(C)C(=O)OCc1ccc(O[C@@H]2O[C@H](C(=O)O)[C@@H](O)[C@H](O)[C@H]2O)c(C(=O)C(C)(C)C)c1. The van der Waals surface area contributed by atoms with E-state index in [9.17, 15) is 34.8 Å². The second-order valence-corrected chi connectivity index (χ2v) is 10.1. The van der Waals surface area contributed by atoms with Gasteiger partial charge < -0.3 is 34.6 Å². The third-order valence-corrected chi connectivity index (χ3v) is 5.01. The Bertz CT molecular complexity index is 895. The number of carbonyl (C=O) groups excluding carboxylic acids is 2. The molecule has 0 radical (unpaired) electrons. The molecule has 1 aromatic rings. The molecule has 1 aliphatic rings. The Morgan fingerprint density at radius 3 is 2.06 bits per heavy atom. The molecule has 0 spiro atoms. The highest BCUT2D eigenvalue weighted by atomic mass is 16.7. The van der Waals surface area contributed by atoms with Crippen molar-refractivity contribution in [2.75, 3.05) is 0 Å². The Morgan fingerprint density at radius 2 is 1.55 bits per heavy atom. The van der Waals surface area contributed by atoms with Crippen LogP contribution < -0.4 is 4.74 Å². The predicted molar refractivity (Wildman–Crippen MR) is 114 cm³/mol. The molecule has 2 rings (SSSR count). The zero-order valence-corrected chi connectivity index (χ0v) is 19.6. The highest BCUT2D eigenvalue weighted by Gasteiger charge is 2.48. The Hall–Kier alpha value is -2.53. The van der Waals surface area contributed by atoms with E-state index in [1.807, 2.05) is 0 Å². The van der Waals surface area contributed by atoms with Crippen molar-refractivity contribution in [1.82, 2.24) is 0 Å². The number of hydrogen-bond donors (Lipinski definition) is 4. The molecule has 0 aliphatic carbocycles. The molecule has 1 saturated heterocycles. The number of Topliss-reactive ketones (excluding diaryl/α,β-unsaturated/α-hetero) is 1. The minimum Gasteiger partial charge on any atom is -0.479 e. The zero-order valence-electron chi connectivity index (χ0n) is 19.6. The van der Waals surface area contributed by atoms with Crippen LogP contribution in [0.5, 0.6) is 5.75 Å². The molecule has 0 unspecified atom stereocenters. The van der Waals surface area contributed by atoms with E-state index in [0.29, 0.717) is 5.56 Å². The average Bonchev–Trinajstić information content (AvgIpc) is 2.70. The Kier molecular flexibility index (Phi) is 7.90. The van der Waals surface area contributed by atoms with Crippen LogP contribution in [-0.4, -0.2) is 68.9 Å². The van der Waals surface area contributed by atoms with Crippen LogP contribution in [0, 0.1) is 10.8 Å². The summed E-state index contributed by atoms with van der Waals surface area (Å²) in [6.07, 6.45) is -9.00. The second-order valence-electron chi connectivity index (χ2n) is 10.1. The van der Waals surface area contributed by atoms with Gasteiger partial charge in [0.1, 0.15) is 30.7 Å². The van der Waals surface area contributed by atoms with E-state index in [0.717, 1.165) is 0 Å². The normalized spacial score (nSPS) is 25.9. The fraction of sp³-hybridized carbons (Fsp3) is 0.609.